The van der Waals surface area contributed by atoms with Crippen LogP contribution in [0.3, 0.4) is 0 Å². The number of carbonyl (C=O) groups is 3. The number of aliphatic hydroxyl groups is 1. The Bertz CT molecular complexity index is 1730. The molecule has 1 saturated heterocycles. The molecule has 12 nitrogen and oxygen atoms in total. The molecule has 3 aromatic rings. The fourth-order valence-corrected chi connectivity index (χ4v) is 6.35. The molecular weight excluding hydrogens is 649 g/mol. The maximum atomic E-state index is 15.5. The Labute approximate surface area is 272 Å². The maximum absolute atomic E-state index is 15.5. The zero-order valence-electron chi connectivity index (χ0n) is 26.4. The van der Waals surface area contributed by atoms with Crippen molar-refractivity contribution < 1.29 is 51.6 Å². The summed E-state index contributed by atoms with van der Waals surface area (Å²) in [6.45, 7) is 8.27. The van der Waals surface area contributed by atoms with Gasteiger partial charge in [-0.05, 0) is 62.9 Å². The third kappa shape index (κ3) is 6.48. The van der Waals surface area contributed by atoms with Gasteiger partial charge in [0.2, 0.25) is 0 Å². The van der Waals surface area contributed by atoms with Crippen LogP contribution in [0.15, 0.2) is 24.7 Å². The van der Waals surface area contributed by atoms with Crippen LogP contribution in [-0.4, -0.2) is 72.5 Å². The Morgan fingerprint density at radius 2 is 1.85 bits per heavy atom. The average Bonchev–Trinajstić information content (AvgIpc) is 3.50. The molecule has 2 aromatic heterocycles. The van der Waals surface area contributed by atoms with E-state index in [-0.39, 0.29) is 47.0 Å². The highest BCUT2D eigenvalue weighted by Crippen LogP contribution is 2.49. The topological polar surface area (TPSA) is 142 Å². The lowest BCUT2D eigenvalue weighted by atomic mass is 9.83. The highest BCUT2D eigenvalue weighted by molar-refractivity contribution is 6.33. The van der Waals surface area contributed by atoms with Crippen LogP contribution in [0, 0.1) is 5.82 Å². The summed E-state index contributed by atoms with van der Waals surface area (Å²) >= 11 is 6.24. The summed E-state index contributed by atoms with van der Waals surface area (Å²) in [5, 5.41) is 12.6. The van der Waals surface area contributed by atoms with Crippen molar-refractivity contribution >= 4 is 40.7 Å². The molecule has 0 spiro atoms. The molecule has 5 atom stereocenters. The smallest absolute Gasteiger partial charge is 0.410 e. The van der Waals surface area contributed by atoms with Crippen LogP contribution < -0.4 is 0 Å². The van der Waals surface area contributed by atoms with E-state index in [1.165, 1.54) is 28.9 Å². The van der Waals surface area contributed by atoms with Gasteiger partial charge in [0.05, 0.1) is 10.9 Å². The third-order valence-corrected chi connectivity index (χ3v) is 8.38. The Balaban J connectivity index is 1.65. The van der Waals surface area contributed by atoms with Crippen molar-refractivity contribution in [3.8, 4) is 0 Å². The fraction of sp³-hybridized carbons (Fsp3) is 0.516. The molecule has 254 valence electrons. The third-order valence-electron chi connectivity index (χ3n) is 8.08. The molecule has 4 heterocycles. The number of esters is 2. The molecule has 1 aromatic carbocycles. The lowest BCUT2D eigenvalue weighted by Crippen LogP contribution is -2.52. The van der Waals surface area contributed by atoms with Gasteiger partial charge in [0.15, 0.2) is 17.9 Å². The summed E-state index contributed by atoms with van der Waals surface area (Å²) < 4.78 is 68.5. The van der Waals surface area contributed by atoms with Crippen molar-refractivity contribution in [3.05, 3.63) is 57.9 Å². The molecular formula is C31H34ClF3N4O8. The number of amides is 1. The Kier molecular flexibility index (Phi) is 9.20. The number of hydrogen-bond acceptors (Lipinski definition) is 10. The van der Waals surface area contributed by atoms with Crippen LogP contribution in [0.25, 0.3) is 11.0 Å². The zero-order valence-corrected chi connectivity index (χ0v) is 27.2. The Hall–Kier alpha value is -3.95. The second kappa shape index (κ2) is 12.6. The summed E-state index contributed by atoms with van der Waals surface area (Å²) in [5.41, 5.74) is -3.76. The van der Waals surface area contributed by atoms with Gasteiger partial charge in [-0.2, -0.15) is 0 Å². The van der Waals surface area contributed by atoms with E-state index in [1.807, 2.05) is 0 Å². The van der Waals surface area contributed by atoms with E-state index >= 15 is 4.39 Å². The molecule has 0 radical (unpaired) electrons. The monoisotopic (exact) mass is 682 g/mol. The predicted octanol–water partition coefficient (Wildman–Crippen LogP) is 5.34. The lowest BCUT2D eigenvalue weighted by molar-refractivity contribution is -0.185. The molecule has 1 unspecified atom stereocenters. The van der Waals surface area contributed by atoms with Gasteiger partial charge in [-0.3, -0.25) is 9.59 Å². The first kappa shape index (κ1) is 34.4. The van der Waals surface area contributed by atoms with E-state index in [1.54, 1.807) is 26.8 Å². The number of alkyl halides is 2. The number of rotatable bonds is 6. The highest BCUT2D eigenvalue weighted by Gasteiger charge is 2.62. The number of aliphatic hydroxyl groups excluding tert-OH is 1. The average molecular weight is 683 g/mol. The molecule has 0 bridgehead atoms. The minimum absolute atomic E-state index is 0.0339. The van der Waals surface area contributed by atoms with Crippen LogP contribution in [0.4, 0.5) is 18.0 Å². The van der Waals surface area contributed by atoms with Gasteiger partial charge in [0.25, 0.3) is 6.43 Å². The predicted molar refractivity (Wildman–Crippen MR) is 159 cm³/mol. The van der Waals surface area contributed by atoms with Crippen molar-refractivity contribution in [3.63, 3.8) is 0 Å². The minimum Gasteiger partial charge on any atom is -0.453 e. The molecule has 2 aliphatic rings. The SMILES string of the molecule is CC(=O)O[C@H]1[C@H](n2ccc3c(Cl)ncnc32)O[C@H](C(O)c2cc(C(F)F)c(F)c3c2CN(C(=O)OC(C)(C)C)CC3)[C@@]1(C)OC(C)=O. The number of halogens is 4. The lowest BCUT2D eigenvalue weighted by Gasteiger charge is -2.37. The number of carbonyl (C=O) groups excluding carboxylic acids is 3. The standard InChI is InChI=1S/C31H34ClF3N4O8/c1-14(40)44-24-28(39-10-8-17-25(32)36-13-37-27(17)39)45-23(31(24,6)46-15(2)41)22(42)18-11-19(26(34)35)21(33)16-7-9-38(12-20(16)18)29(43)47-30(3,4)5/h8,10-11,13,22-24,26,28,42H,7,9,12H2,1-6H3/t22?,23-,24+,28-,31-/m1/s1. The zero-order chi connectivity index (χ0) is 34.6. The number of aromatic nitrogens is 3. The van der Waals surface area contributed by atoms with Gasteiger partial charge >= 0.3 is 18.0 Å². The number of nitrogens with zero attached hydrogens (tertiary/aromatic N) is 4. The largest absolute Gasteiger partial charge is 0.453 e. The van der Waals surface area contributed by atoms with Crippen LogP contribution in [0.5, 0.6) is 0 Å². The minimum atomic E-state index is -3.25. The van der Waals surface area contributed by atoms with E-state index in [0.717, 1.165) is 19.9 Å². The second-order valence-corrected chi connectivity index (χ2v) is 13.0. The van der Waals surface area contributed by atoms with Gasteiger partial charge in [-0.15, -0.1) is 0 Å². The van der Waals surface area contributed by atoms with Gasteiger partial charge in [-0.1, -0.05) is 11.6 Å². The molecule has 1 amide bonds. The van der Waals surface area contributed by atoms with Gasteiger partial charge in [0, 0.05) is 33.1 Å². The van der Waals surface area contributed by atoms with E-state index in [0.29, 0.717) is 5.39 Å². The summed E-state index contributed by atoms with van der Waals surface area (Å²) in [5.74, 6) is -2.77. The molecule has 1 fully saturated rings. The molecule has 0 saturated carbocycles. The van der Waals surface area contributed by atoms with E-state index < -0.39 is 71.6 Å². The van der Waals surface area contributed by atoms with E-state index in [2.05, 4.69) is 9.97 Å². The van der Waals surface area contributed by atoms with Crippen LogP contribution in [-0.2, 0) is 41.5 Å². The number of benzene rings is 1. The van der Waals surface area contributed by atoms with E-state index in [9.17, 15) is 28.3 Å². The van der Waals surface area contributed by atoms with Crippen LogP contribution in [0.1, 0.15) is 82.6 Å². The molecule has 16 heteroatoms. The molecule has 47 heavy (non-hydrogen) atoms. The molecule has 0 aliphatic carbocycles. The van der Waals surface area contributed by atoms with Crippen LogP contribution >= 0.6 is 11.6 Å². The maximum Gasteiger partial charge on any atom is 0.410 e. The summed E-state index contributed by atoms with van der Waals surface area (Å²) in [6.07, 6.45) is -7.60. The quantitative estimate of drug-likeness (QED) is 0.206. The number of hydrogen-bond donors (Lipinski definition) is 1. The van der Waals surface area contributed by atoms with Crippen molar-refractivity contribution in [2.45, 2.75) is 96.7 Å². The molecule has 1 N–H and O–H groups in total. The summed E-state index contributed by atoms with van der Waals surface area (Å²) in [6, 6.07) is 2.39. The highest BCUT2D eigenvalue weighted by atomic mass is 35.5. The van der Waals surface area contributed by atoms with Gasteiger partial charge in [0.1, 0.15) is 40.8 Å². The van der Waals surface area contributed by atoms with Crippen molar-refractivity contribution in [1.29, 1.82) is 0 Å². The first-order valence-corrected chi connectivity index (χ1v) is 15.1. The second-order valence-electron chi connectivity index (χ2n) is 12.6. The summed E-state index contributed by atoms with van der Waals surface area (Å²) in [4.78, 5) is 47.3. The van der Waals surface area contributed by atoms with Crippen molar-refractivity contribution in [2.24, 2.45) is 0 Å². The molecule has 2 aliphatic heterocycles. The Morgan fingerprint density at radius 1 is 1.15 bits per heavy atom. The van der Waals surface area contributed by atoms with Gasteiger partial charge < -0.3 is 33.5 Å². The van der Waals surface area contributed by atoms with Gasteiger partial charge in [-0.25, -0.2) is 27.9 Å². The first-order valence-electron chi connectivity index (χ1n) is 14.7. The van der Waals surface area contributed by atoms with Crippen molar-refractivity contribution in [1.82, 2.24) is 19.4 Å². The number of ether oxygens (including phenoxy) is 4. The Morgan fingerprint density at radius 3 is 2.47 bits per heavy atom. The molecule has 5 rings (SSSR count). The fourth-order valence-electron chi connectivity index (χ4n) is 6.16. The summed E-state index contributed by atoms with van der Waals surface area (Å²) in [7, 11) is 0. The number of fused-ring (bicyclic) bond motifs is 2. The van der Waals surface area contributed by atoms with Crippen molar-refractivity contribution in [2.75, 3.05) is 6.54 Å². The van der Waals surface area contributed by atoms with E-state index in [4.69, 9.17) is 30.5 Å². The first-order chi connectivity index (χ1) is 21.9. The van der Waals surface area contributed by atoms with Crippen LogP contribution in [0.2, 0.25) is 5.15 Å². The normalized spacial score (nSPS) is 23.5.